The van der Waals surface area contributed by atoms with E-state index in [-0.39, 0.29) is 11.8 Å². The summed E-state index contributed by atoms with van der Waals surface area (Å²) in [5, 5.41) is 4.73. The second-order valence-electron chi connectivity index (χ2n) is 7.12. The number of carbonyl (C=O) groups excluding carboxylic acids is 1. The Balaban J connectivity index is 1.60. The smallest absolute Gasteiger partial charge is 0.257 e. The molecule has 2 heterocycles. The van der Waals surface area contributed by atoms with Crippen LogP contribution in [0.15, 0.2) is 40.9 Å². The Bertz CT molecular complexity index is 1000. The summed E-state index contributed by atoms with van der Waals surface area (Å²) >= 11 is 6.03. The Labute approximate surface area is 163 Å². The first kappa shape index (κ1) is 17.7. The number of amides is 1. The molecule has 1 aromatic heterocycles. The van der Waals surface area contributed by atoms with Gasteiger partial charge in [0.1, 0.15) is 0 Å². The van der Waals surface area contributed by atoms with E-state index in [0.29, 0.717) is 29.7 Å². The van der Waals surface area contributed by atoms with E-state index in [1.54, 1.807) is 12.1 Å². The summed E-state index contributed by atoms with van der Waals surface area (Å²) in [6.45, 7) is 6.70. The molecule has 5 nitrogen and oxygen atoms in total. The number of halogens is 1. The molecule has 0 radical (unpaired) electrons. The summed E-state index contributed by atoms with van der Waals surface area (Å²) in [5.74, 6) is 0.975. The van der Waals surface area contributed by atoms with Crippen molar-refractivity contribution in [2.24, 2.45) is 0 Å². The van der Waals surface area contributed by atoms with E-state index < -0.39 is 0 Å². The average molecular weight is 382 g/mol. The fourth-order valence-corrected chi connectivity index (χ4v) is 4.02. The molecule has 0 N–H and O–H groups in total. The summed E-state index contributed by atoms with van der Waals surface area (Å²) in [6, 6.07) is 11.5. The van der Waals surface area contributed by atoms with Crippen molar-refractivity contribution in [1.82, 2.24) is 10.1 Å². The van der Waals surface area contributed by atoms with E-state index in [9.17, 15) is 4.79 Å². The number of hydrogen-bond donors (Lipinski definition) is 0. The number of aryl methyl sites for hydroxylation is 3. The minimum Gasteiger partial charge on any atom is -0.334 e. The van der Waals surface area contributed by atoms with E-state index in [4.69, 9.17) is 16.1 Å². The quantitative estimate of drug-likeness (QED) is 0.651. The number of carbonyl (C=O) groups is 1. The van der Waals surface area contributed by atoms with Crippen LogP contribution in [0.25, 0.3) is 11.5 Å². The summed E-state index contributed by atoms with van der Waals surface area (Å²) in [4.78, 5) is 19.1. The minimum absolute atomic E-state index is 0.0872. The standard InChI is InChI=1S/C21H20ClN3O2/c1-12-7-13(2)19(14(3)8-12)25-11-16(10-18(25)26)20-23-21(27-24-20)15-5-4-6-17(22)9-15/h4-9,16H,10-11H2,1-3H3. The third kappa shape index (κ3) is 3.35. The summed E-state index contributed by atoms with van der Waals surface area (Å²) in [7, 11) is 0. The maximum Gasteiger partial charge on any atom is 0.257 e. The van der Waals surface area contributed by atoms with Crippen molar-refractivity contribution in [3.05, 3.63) is 63.9 Å². The van der Waals surface area contributed by atoms with Crippen LogP contribution in [0.2, 0.25) is 5.02 Å². The number of aromatic nitrogens is 2. The van der Waals surface area contributed by atoms with Crippen LogP contribution < -0.4 is 4.90 Å². The van der Waals surface area contributed by atoms with E-state index in [0.717, 1.165) is 22.4 Å². The molecule has 1 aliphatic heterocycles. The van der Waals surface area contributed by atoms with Crippen LogP contribution in [0.1, 0.15) is 34.9 Å². The molecule has 0 spiro atoms. The van der Waals surface area contributed by atoms with E-state index >= 15 is 0 Å². The van der Waals surface area contributed by atoms with Gasteiger partial charge in [0.2, 0.25) is 5.91 Å². The normalized spacial score (nSPS) is 17.0. The molecule has 1 saturated heterocycles. The second kappa shape index (κ2) is 6.82. The number of nitrogens with zero attached hydrogens (tertiary/aromatic N) is 3. The molecule has 1 aliphatic rings. The Hall–Kier alpha value is -2.66. The molecule has 6 heteroatoms. The number of benzene rings is 2. The zero-order chi connectivity index (χ0) is 19.1. The third-order valence-corrected chi connectivity index (χ3v) is 5.14. The largest absolute Gasteiger partial charge is 0.334 e. The average Bonchev–Trinajstić information content (AvgIpc) is 3.22. The highest BCUT2D eigenvalue weighted by atomic mass is 35.5. The van der Waals surface area contributed by atoms with Crippen LogP contribution in [0.3, 0.4) is 0 Å². The van der Waals surface area contributed by atoms with Gasteiger partial charge in [-0.25, -0.2) is 0 Å². The summed E-state index contributed by atoms with van der Waals surface area (Å²) < 4.78 is 5.41. The van der Waals surface area contributed by atoms with Crippen LogP contribution in [0, 0.1) is 20.8 Å². The fraction of sp³-hybridized carbons (Fsp3) is 0.286. The van der Waals surface area contributed by atoms with Crippen LogP contribution in [0.5, 0.6) is 0 Å². The molecule has 0 bridgehead atoms. The van der Waals surface area contributed by atoms with Gasteiger partial charge in [0.05, 0.1) is 0 Å². The van der Waals surface area contributed by atoms with Crippen molar-refractivity contribution in [3.63, 3.8) is 0 Å². The monoisotopic (exact) mass is 381 g/mol. The highest BCUT2D eigenvalue weighted by Gasteiger charge is 2.35. The highest BCUT2D eigenvalue weighted by Crippen LogP contribution is 2.35. The van der Waals surface area contributed by atoms with E-state index in [2.05, 4.69) is 29.2 Å². The summed E-state index contributed by atoms with van der Waals surface area (Å²) in [5.41, 5.74) is 5.17. The van der Waals surface area contributed by atoms with Crippen molar-refractivity contribution in [2.75, 3.05) is 11.4 Å². The molecule has 2 aromatic carbocycles. The molecule has 0 aliphatic carbocycles. The zero-order valence-electron chi connectivity index (χ0n) is 15.5. The van der Waals surface area contributed by atoms with Crippen LogP contribution in [-0.4, -0.2) is 22.6 Å². The third-order valence-electron chi connectivity index (χ3n) is 4.91. The molecule has 1 amide bonds. The molecule has 3 aromatic rings. The Kier molecular flexibility index (Phi) is 4.48. The van der Waals surface area contributed by atoms with E-state index in [1.807, 2.05) is 30.9 Å². The lowest BCUT2D eigenvalue weighted by Gasteiger charge is -2.22. The second-order valence-corrected chi connectivity index (χ2v) is 7.56. The van der Waals surface area contributed by atoms with Gasteiger partial charge in [-0.05, 0) is 50.1 Å². The minimum atomic E-state index is -0.0886. The first-order valence-corrected chi connectivity index (χ1v) is 9.28. The van der Waals surface area contributed by atoms with Crippen molar-refractivity contribution in [1.29, 1.82) is 0 Å². The molecule has 1 atom stereocenters. The fourth-order valence-electron chi connectivity index (χ4n) is 3.83. The Morgan fingerprint density at radius 3 is 2.59 bits per heavy atom. The lowest BCUT2D eigenvalue weighted by atomic mass is 10.0. The molecule has 4 rings (SSSR count). The van der Waals surface area contributed by atoms with Crippen molar-refractivity contribution in [2.45, 2.75) is 33.1 Å². The molecule has 138 valence electrons. The van der Waals surface area contributed by atoms with Crippen LogP contribution in [0.4, 0.5) is 5.69 Å². The van der Waals surface area contributed by atoms with Gasteiger partial charge in [0.25, 0.3) is 5.89 Å². The van der Waals surface area contributed by atoms with E-state index in [1.165, 1.54) is 5.56 Å². The molecule has 0 saturated carbocycles. The first-order chi connectivity index (χ1) is 12.9. The highest BCUT2D eigenvalue weighted by molar-refractivity contribution is 6.30. The van der Waals surface area contributed by atoms with Gasteiger partial charge in [-0.1, -0.05) is 40.5 Å². The van der Waals surface area contributed by atoms with Gasteiger partial charge in [-0.3, -0.25) is 4.79 Å². The lowest BCUT2D eigenvalue weighted by molar-refractivity contribution is -0.117. The Morgan fingerprint density at radius 1 is 1.15 bits per heavy atom. The number of anilines is 1. The molecular weight excluding hydrogens is 362 g/mol. The predicted octanol–water partition coefficient (Wildman–Crippen LogP) is 4.84. The van der Waals surface area contributed by atoms with Crippen molar-refractivity contribution >= 4 is 23.2 Å². The maximum absolute atomic E-state index is 12.7. The first-order valence-electron chi connectivity index (χ1n) is 8.90. The van der Waals surface area contributed by atoms with Gasteiger partial charge in [0, 0.05) is 35.2 Å². The zero-order valence-corrected chi connectivity index (χ0v) is 16.2. The van der Waals surface area contributed by atoms with Gasteiger partial charge in [0.15, 0.2) is 5.82 Å². The van der Waals surface area contributed by atoms with Crippen LogP contribution >= 0.6 is 11.6 Å². The van der Waals surface area contributed by atoms with Gasteiger partial charge in [-0.2, -0.15) is 4.98 Å². The molecular formula is C21H20ClN3O2. The predicted molar refractivity (Wildman–Crippen MR) is 105 cm³/mol. The SMILES string of the molecule is Cc1cc(C)c(N2CC(c3noc(-c4cccc(Cl)c4)n3)CC2=O)c(C)c1. The van der Waals surface area contributed by atoms with Crippen molar-refractivity contribution in [3.8, 4) is 11.5 Å². The summed E-state index contributed by atoms with van der Waals surface area (Å²) in [6.07, 6.45) is 0.376. The maximum atomic E-state index is 12.7. The topological polar surface area (TPSA) is 59.2 Å². The van der Waals surface area contributed by atoms with Gasteiger partial charge in [-0.15, -0.1) is 0 Å². The van der Waals surface area contributed by atoms with Crippen molar-refractivity contribution < 1.29 is 9.32 Å². The number of rotatable bonds is 3. The van der Waals surface area contributed by atoms with Gasteiger partial charge >= 0.3 is 0 Å². The van der Waals surface area contributed by atoms with Gasteiger partial charge < -0.3 is 9.42 Å². The lowest BCUT2D eigenvalue weighted by Crippen LogP contribution is -2.26. The molecule has 1 unspecified atom stereocenters. The molecule has 27 heavy (non-hydrogen) atoms. The Morgan fingerprint density at radius 2 is 1.89 bits per heavy atom. The molecule has 1 fully saturated rings. The number of hydrogen-bond acceptors (Lipinski definition) is 4. The van der Waals surface area contributed by atoms with Crippen LogP contribution in [-0.2, 0) is 4.79 Å².